The number of carbonyl (C=O) groups is 1. The van der Waals surface area contributed by atoms with Gasteiger partial charge in [0.25, 0.3) is 0 Å². The molecule has 0 aliphatic carbocycles. The molecule has 1 aromatic heterocycles. The summed E-state index contributed by atoms with van der Waals surface area (Å²) in [4.78, 5) is 18.2. The molecule has 2 aromatic rings. The normalized spacial score (nSPS) is 17.6. The Bertz CT molecular complexity index is 619. The van der Waals surface area contributed by atoms with Gasteiger partial charge in [-0.2, -0.15) is 0 Å². The van der Waals surface area contributed by atoms with Crippen molar-refractivity contribution >= 4 is 11.7 Å². The first-order chi connectivity index (χ1) is 11.3. The molecule has 2 amide bonds. The Morgan fingerprint density at radius 3 is 2.78 bits per heavy atom. The third-order valence-corrected chi connectivity index (χ3v) is 3.97. The van der Waals surface area contributed by atoms with Gasteiger partial charge in [-0.05, 0) is 37.1 Å². The second kappa shape index (κ2) is 7.63. The first kappa shape index (κ1) is 15.3. The van der Waals surface area contributed by atoms with E-state index in [0.717, 1.165) is 37.4 Å². The Balaban J connectivity index is 1.50. The molecule has 3 rings (SSSR count). The average Bonchev–Trinajstić information content (AvgIpc) is 2.62. The second-order valence-electron chi connectivity index (χ2n) is 5.74. The van der Waals surface area contributed by atoms with Crippen molar-refractivity contribution in [3.63, 3.8) is 0 Å². The zero-order valence-corrected chi connectivity index (χ0v) is 13.0. The number of urea groups is 1. The van der Waals surface area contributed by atoms with Crippen LogP contribution in [0, 0.1) is 5.92 Å². The third-order valence-electron chi connectivity index (χ3n) is 3.97. The van der Waals surface area contributed by atoms with Crippen LogP contribution < -0.4 is 10.1 Å². The van der Waals surface area contributed by atoms with Crippen LogP contribution in [0.25, 0.3) is 0 Å². The summed E-state index contributed by atoms with van der Waals surface area (Å²) in [5.74, 6) is 1.18. The molecule has 1 aliphatic rings. The van der Waals surface area contributed by atoms with Crippen LogP contribution in [-0.4, -0.2) is 35.6 Å². The molecule has 23 heavy (non-hydrogen) atoms. The van der Waals surface area contributed by atoms with E-state index in [2.05, 4.69) is 10.3 Å². The fourth-order valence-corrected chi connectivity index (χ4v) is 2.76. The number of para-hydroxylation sites is 1. The van der Waals surface area contributed by atoms with E-state index < -0.39 is 0 Å². The van der Waals surface area contributed by atoms with Crippen molar-refractivity contribution in [3.05, 3.63) is 54.9 Å². The summed E-state index contributed by atoms with van der Waals surface area (Å²) in [5.41, 5.74) is 0.827. The van der Waals surface area contributed by atoms with Crippen molar-refractivity contribution in [2.24, 2.45) is 5.92 Å². The van der Waals surface area contributed by atoms with E-state index >= 15 is 0 Å². The highest BCUT2D eigenvalue weighted by atomic mass is 16.5. The smallest absolute Gasteiger partial charge is 0.321 e. The van der Waals surface area contributed by atoms with Crippen molar-refractivity contribution in [3.8, 4) is 5.75 Å². The number of benzene rings is 1. The molecule has 2 heterocycles. The number of nitrogens with one attached hydrogen (secondary N) is 1. The standard InChI is InChI=1S/C18H21N3O2/c22-18(20-16-6-2-1-3-7-16)21-12-4-5-15(13-21)14-23-17-8-10-19-11-9-17/h1-3,6-11,15H,4-5,12-14H2,(H,20,22). The molecule has 1 aromatic carbocycles. The number of pyridine rings is 1. The minimum absolute atomic E-state index is 0.0372. The fraction of sp³-hybridized carbons (Fsp3) is 0.333. The lowest BCUT2D eigenvalue weighted by Gasteiger charge is -2.32. The summed E-state index contributed by atoms with van der Waals surface area (Å²) >= 11 is 0. The third kappa shape index (κ3) is 4.45. The lowest BCUT2D eigenvalue weighted by molar-refractivity contribution is 0.145. The Morgan fingerprint density at radius 2 is 2.00 bits per heavy atom. The summed E-state index contributed by atoms with van der Waals surface area (Å²) in [5, 5.41) is 2.94. The number of ether oxygens (including phenoxy) is 1. The van der Waals surface area contributed by atoms with Gasteiger partial charge in [0, 0.05) is 37.1 Å². The van der Waals surface area contributed by atoms with Crippen LogP contribution in [-0.2, 0) is 0 Å². The van der Waals surface area contributed by atoms with Crippen molar-refractivity contribution < 1.29 is 9.53 Å². The lowest BCUT2D eigenvalue weighted by Crippen LogP contribution is -2.43. The lowest BCUT2D eigenvalue weighted by atomic mass is 9.99. The van der Waals surface area contributed by atoms with Crippen LogP contribution in [0.1, 0.15) is 12.8 Å². The number of likely N-dealkylation sites (tertiary alicyclic amines) is 1. The molecule has 1 atom stereocenters. The largest absolute Gasteiger partial charge is 0.493 e. The Kier molecular flexibility index (Phi) is 5.09. The molecule has 0 saturated carbocycles. The zero-order valence-electron chi connectivity index (χ0n) is 13.0. The van der Waals surface area contributed by atoms with Gasteiger partial charge in [-0.1, -0.05) is 18.2 Å². The molecular weight excluding hydrogens is 290 g/mol. The van der Waals surface area contributed by atoms with Gasteiger partial charge in [0.2, 0.25) is 0 Å². The molecule has 0 spiro atoms. The van der Waals surface area contributed by atoms with Crippen LogP contribution in [0.15, 0.2) is 54.9 Å². The summed E-state index contributed by atoms with van der Waals surface area (Å²) in [6.45, 7) is 2.15. The number of carbonyl (C=O) groups excluding carboxylic acids is 1. The highest BCUT2D eigenvalue weighted by Gasteiger charge is 2.24. The molecule has 0 radical (unpaired) electrons. The maximum atomic E-state index is 12.4. The first-order valence-electron chi connectivity index (χ1n) is 7.95. The van der Waals surface area contributed by atoms with Crippen LogP contribution in [0.2, 0.25) is 0 Å². The maximum Gasteiger partial charge on any atom is 0.321 e. The van der Waals surface area contributed by atoms with E-state index in [1.807, 2.05) is 47.4 Å². The number of nitrogens with zero attached hydrogens (tertiary/aromatic N) is 2. The van der Waals surface area contributed by atoms with Crippen LogP contribution in [0.4, 0.5) is 10.5 Å². The minimum atomic E-state index is -0.0372. The SMILES string of the molecule is O=C(Nc1ccccc1)N1CCCC(COc2ccncc2)C1. The predicted molar refractivity (Wildman–Crippen MR) is 89.5 cm³/mol. The van der Waals surface area contributed by atoms with Gasteiger partial charge < -0.3 is 15.0 Å². The van der Waals surface area contributed by atoms with Crippen molar-refractivity contribution in [2.75, 3.05) is 25.0 Å². The first-order valence-corrected chi connectivity index (χ1v) is 7.95. The number of rotatable bonds is 4. The van der Waals surface area contributed by atoms with Crippen molar-refractivity contribution in [1.82, 2.24) is 9.88 Å². The highest BCUT2D eigenvalue weighted by Crippen LogP contribution is 2.19. The number of hydrogen-bond donors (Lipinski definition) is 1. The van der Waals surface area contributed by atoms with Gasteiger partial charge in [0.1, 0.15) is 5.75 Å². The fourth-order valence-electron chi connectivity index (χ4n) is 2.76. The van der Waals surface area contributed by atoms with Gasteiger partial charge in [-0.25, -0.2) is 4.79 Å². The average molecular weight is 311 g/mol. The summed E-state index contributed by atoms with van der Waals surface area (Å²) in [6.07, 6.45) is 5.53. The van der Waals surface area contributed by atoms with Crippen LogP contribution >= 0.6 is 0 Å². The Morgan fingerprint density at radius 1 is 1.22 bits per heavy atom. The topological polar surface area (TPSA) is 54.5 Å². The Labute approximate surface area is 136 Å². The number of hydrogen-bond acceptors (Lipinski definition) is 3. The van der Waals surface area contributed by atoms with Gasteiger partial charge in [-0.3, -0.25) is 4.98 Å². The van der Waals surface area contributed by atoms with E-state index in [1.165, 1.54) is 0 Å². The zero-order chi connectivity index (χ0) is 15.9. The van der Waals surface area contributed by atoms with E-state index in [-0.39, 0.29) is 6.03 Å². The molecule has 5 heteroatoms. The quantitative estimate of drug-likeness (QED) is 0.941. The van der Waals surface area contributed by atoms with E-state index in [4.69, 9.17) is 4.74 Å². The molecule has 120 valence electrons. The molecule has 0 bridgehead atoms. The number of piperidine rings is 1. The number of anilines is 1. The van der Waals surface area contributed by atoms with Crippen LogP contribution in [0.5, 0.6) is 5.75 Å². The van der Waals surface area contributed by atoms with Crippen molar-refractivity contribution in [1.29, 1.82) is 0 Å². The molecular formula is C18H21N3O2. The summed E-state index contributed by atoms with van der Waals surface area (Å²) < 4.78 is 5.79. The predicted octanol–water partition coefficient (Wildman–Crippen LogP) is 3.40. The van der Waals surface area contributed by atoms with Crippen molar-refractivity contribution in [2.45, 2.75) is 12.8 Å². The minimum Gasteiger partial charge on any atom is -0.493 e. The molecule has 1 saturated heterocycles. The molecule has 1 unspecified atom stereocenters. The Hall–Kier alpha value is -2.56. The summed E-state index contributed by atoms with van der Waals surface area (Å²) in [6, 6.07) is 13.2. The van der Waals surface area contributed by atoms with E-state index in [0.29, 0.717) is 12.5 Å². The molecule has 5 nitrogen and oxygen atoms in total. The highest BCUT2D eigenvalue weighted by molar-refractivity contribution is 5.89. The molecule has 1 N–H and O–H groups in total. The summed E-state index contributed by atoms with van der Waals surface area (Å²) in [7, 11) is 0. The van der Waals surface area contributed by atoms with E-state index in [1.54, 1.807) is 12.4 Å². The van der Waals surface area contributed by atoms with Gasteiger partial charge in [0.05, 0.1) is 6.61 Å². The number of aromatic nitrogens is 1. The van der Waals surface area contributed by atoms with Gasteiger partial charge >= 0.3 is 6.03 Å². The maximum absolute atomic E-state index is 12.4. The van der Waals surface area contributed by atoms with Gasteiger partial charge in [0.15, 0.2) is 0 Å². The van der Waals surface area contributed by atoms with Gasteiger partial charge in [-0.15, -0.1) is 0 Å². The van der Waals surface area contributed by atoms with E-state index in [9.17, 15) is 4.79 Å². The molecule has 1 fully saturated rings. The monoisotopic (exact) mass is 311 g/mol. The van der Waals surface area contributed by atoms with Crippen LogP contribution in [0.3, 0.4) is 0 Å². The number of amides is 2. The molecule has 1 aliphatic heterocycles. The second-order valence-corrected chi connectivity index (χ2v) is 5.74.